The van der Waals surface area contributed by atoms with Crippen LogP contribution in [0.5, 0.6) is 0 Å². The molecule has 0 saturated heterocycles. The fourth-order valence-electron chi connectivity index (χ4n) is 3.35. The van der Waals surface area contributed by atoms with E-state index in [9.17, 15) is 22.8 Å². The molecule has 30 heavy (non-hydrogen) atoms. The molecule has 3 amide bonds. The molecule has 158 valence electrons. The normalized spacial score (nSPS) is 16.9. The number of rotatable bonds is 4. The van der Waals surface area contributed by atoms with Crippen molar-refractivity contribution >= 4 is 17.6 Å². The number of para-hydroxylation sites is 1. The average molecular weight is 417 g/mol. The van der Waals surface area contributed by atoms with Crippen LogP contribution in [0, 0.1) is 0 Å². The molecule has 1 atom stereocenters. The van der Waals surface area contributed by atoms with Crippen molar-refractivity contribution in [3.05, 3.63) is 76.5 Å². The van der Waals surface area contributed by atoms with Gasteiger partial charge in [0.05, 0.1) is 22.9 Å². The van der Waals surface area contributed by atoms with E-state index in [1.54, 1.807) is 19.1 Å². The number of carbonyl (C=O) groups excluding carboxylic acids is 2. The van der Waals surface area contributed by atoms with Gasteiger partial charge in [-0.1, -0.05) is 50.2 Å². The van der Waals surface area contributed by atoms with Gasteiger partial charge in [0.2, 0.25) is 0 Å². The summed E-state index contributed by atoms with van der Waals surface area (Å²) in [4.78, 5) is 25.0. The molecule has 3 N–H and O–H groups in total. The number of hydrogen-bond donors (Lipinski definition) is 3. The molecular formula is C22H22F3N3O2. The number of nitrogens with one attached hydrogen (secondary N) is 3. The molecule has 0 radical (unpaired) electrons. The van der Waals surface area contributed by atoms with E-state index in [4.69, 9.17) is 0 Å². The van der Waals surface area contributed by atoms with Gasteiger partial charge in [-0.3, -0.25) is 4.79 Å². The van der Waals surface area contributed by atoms with Crippen LogP contribution in [0.3, 0.4) is 0 Å². The molecule has 0 saturated carbocycles. The zero-order chi connectivity index (χ0) is 22.1. The van der Waals surface area contributed by atoms with E-state index in [1.165, 1.54) is 18.2 Å². The number of allylic oxidation sites excluding steroid dienone is 1. The van der Waals surface area contributed by atoms with Crippen LogP contribution >= 0.6 is 0 Å². The maximum Gasteiger partial charge on any atom is 0.418 e. The van der Waals surface area contributed by atoms with Crippen LogP contribution in [0.4, 0.5) is 23.7 Å². The lowest BCUT2D eigenvalue weighted by Gasteiger charge is -2.29. The Morgan fingerprint density at radius 2 is 1.70 bits per heavy atom. The number of amides is 3. The summed E-state index contributed by atoms with van der Waals surface area (Å²) < 4.78 is 39.8. The van der Waals surface area contributed by atoms with E-state index in [0.29, 0.717) is 11.5 Å². The maximum atomic E-state index is 13.3. The number of hydrogen-bond acceptors (Lipinski definition) is 2. The molecule has 1 heterocycles. The Balaban J connectivity index is 1.96. The first-order valence-corrected chi connectivity index (χ1v) is 9.43. The Labute approximate surface area is 172 Å². The summed E-state index contributed by atoms with van der Waals surface area (Å²) in [6.45, 7) is 5.63. The number of benzene rings is 2. The molecule has 8 heteroatoms. The standard InChI is InChI=1S/C22H22F3N3O2/c1-12(2)14-8-10-15(11-9-14)19-18(13(3)26-21(30)28-19)20(29)27-17-7-5-4-6-16(17)22(23,24)25/h4-12,19H,1-3H3,(H,27,29)(H2,26,28,30)/t19-/m1/s1. The summed E-state index contributed by atoms with van der Waals surface area (Å²) in [5, 5.41) is 7.55. The van der Waals surface area contributed by atoms with Crippen LogP contribution in [-0.2, 0) is 11.0 Å². The summed E-state index contributed by atoms with van der Waals surface area (Å²) in [6.07, 6.45) is -4.61. The summed E-state index contributed by atoms with van der Waals surface area (Å²) in [6, 6.07) is 10.9. The SMILES string of the molecule is CC1=C(C(=O)Nc2ccccc2C(F)(F)F)[C@@H](c2ccc(C(C)C)cc2)NC(=O)N1. The van der Waals surface area contributed by atoms with E-state index in [2.05, 4.69) is 16.0 Å². The van der Waals surface area contributed by atoms with Crippen molar-refractivity contribution < 1.29 is 22.8 Å². The number of alkyl halides is 3. The third-order valence-electron chi connectivity index (χ3n) is 4.93. The molecule has 0 fully saturated rings. The fraction of sp³-hybridized carbons (Fsp3) is 0.273. The highest BCUT2D eigenvalue weighted by atomic mass is 19.4. The lowest BCUT2D eigenvalue weighted by molar-refractivity contribution is -0.137. The number of halogens is 3. The van der Waals surface area contributed by atoms with E-state index < -0.39 is 29.7 Å². The van der Waals surface area contributed by atoms with E-state index in [1.807, 2.05) is 26.0 Å². The molecule has 1 aliphatic rings. The van der Waals surface area contributed by atoms with Crippen LogP contribution < -0.4 is 16.0 Å². The molecule has 3 rings (SSSR count). The Morgan fingerprint density at radius 1 is 1.07 bits per heavy atom. The Morgan fingerprint density at radius 3 is 2.30 bits per heavy atom. The molecule has 0 aliphatic carbocycles. The molecule has 2 aromatic rings. The summed E-state index contributed by atoms with van der Waals surface area (Å²) >= 11 is 0. The smallest absolute Gasteiger partial charge is 0.327 e. The highest BCUT2D eigenvalue weighted by Gasteiger charge is 2.35. The zero-order valence-corrected chi connectivity index (χ0v) is 16.7. The van der Waals surface area contributed by atoms with Crippen molar-refractivity contribution in [2.24, 2.45) is 0 Å². The van der Waals surface area contributed by atoms with Gasteiger partial charge in [0.25, 0.3) is 5.91 Å². The van der Waals surface area contributed by atoms with Gasteiger partial charge in [-0.2, -0.15) is 13.2 Å². The van der Waals surface area contributed by atoms with Crippen LogP contribution in [0.25, 0.3) is 0 Å². The third kappa shape index (κ3) is 4.48. The van der Waals surface area contributed by atoms with E-state index >= 15 is 0 Å². The quantitative estimate of drug-likeness (QED) is 0.648. The number of anilines is 1. The van der Waals surface area contributed by atoms with Gasteiger partial charge in [0, 0.05) is 5.70 Å². The monoisotopic (exact) mass is 417 g/mol. The van der Waals surface area contributed by atoms with Gasteiger partial charge in [-0.25, -0.2) is 4.79 Å². The molecule has 0 aromatic heterocycles. The van der Waals surface area contributed by atoms with Crippen LogP contribution in [0.1, 0.15) is 49.4 Å². The lowest BCUT2D eigenvalue weighted by Crippen LogP contribution is -2.46. The molecule has 0 spiro atoms. The Hall–Kier alpha value is -3.29. The molecule has 5 nitrogen and oxygen atoms in total. The maximum absolute atomic E-state index is 13.3. The van der Waals surface area contributed by atoms with Gasteiger partial charge in [-0.15, -0.1) is 0 Å². The summed E-state index contributed by atoms with van der Waals surface area (Å²) in [5.41, 5.74) is 0.874. The second kappa shape index (κ2) is 8.22. The predicted octanol–water partition coefficient (Wildman–Crippen LogP) is 5.10. The molecule has 2 aromatic carbocycles. The van der Waals surface area contributed by atoms with Gasteiger partial charge < -0.3 is 16.0 Å². The second-order valence-electron chi connectivity index (χ2n) is 7.39. The zero-order valence-electron chi connectivity index (χ0n) is 16.7. The van der Waals surface area contributed by atoms with Crippen molar-refractivity contribution in [1.29, 1.82) is 0 Å². The van der Waals surface area contributed by atoms with Gasteiger partial charge in [0.1, 0.15) is 0 Å². The van der Waals surface area contributed by atoms with E-state index in [-0.39, 0.29) is 17.0 Å². The van der Waals surface area contributed by atoms with Crippen LogP contribution in [0.15, 0.2) is 59.8 Å². The summed E-state index contributed by atoms with van der Waals surface area (Å²) in [5.74, 6) is -0.421. The lowest BCUT2D eigenvalue weighted by atomic mass is 9.92. The minimum Gasteiger partial charge on any atom is -0.327 e. The topological polar surface area (TPSA) is 70.2 Å². The molecule has 0 bridgehead atoms. The largest absolute Gasteiger partial charge is 0.418 e. The minimum absolute atomic E-state index is 0.142. The van der Waals surface area contributed by atoms with Crippen LogP contribution in [0.2, 0.25) is 0 Å². The highest BCUT2D eigenvalue weighted by Crippen LogP contribution is 2.35. The van der Waals surface area contributed by atoms with Gasteiger partial charge in [-0.05, 0) is 36.1 Å². The molecule has 1 aliphatic heterocycles. The third-order valence-corrected chi connectivity index (χ3v) is 4.93. The first kappa shape index (κ1) is 21.4. The molecule has 0 unspecified atom stereocenters. The minimum atomic E-state index is -4.61. The molecular weight excluding hydrogens is 395 g/mol. The average Bonchev–Trinajstić information content (AvgIpc) is 2.67. The highest BCUT2D eigenvalue weighted by molar-refractivity contribution is 6.07. The van der Waals surface area contributed by atoms with E-state index in [0.717, 1.165) is 11.6 Å². The second-order valence-corrected chi connectivity index (χ2v) is 7.39. The number of carbonyl (C=O) groups is 2. The number of urea groups is 1. The predicted molar refractivity (Wildman–Crippen MR) is 108 cm³/mol. The summed E-state index contributed by atoms with van der Waals surface area (Å²) in [7, 11) is 0. The first-order chi connectivity index (χ1) is 14.1. The van der Waals surface area contributed by atoms with Crippen molar-refractivity contribution in [2.75, 3.05) is 5.32 Å². The van der Waals surface area contributed by atoms with Crippen LogP contribution in [-0.4, -0.2) is 11.9 Å². The van der Waals surface area contributed by atoms with Crippen molar-refractivity contribution in [2.45, 2.75) is 38.9 Å². The Kier molecular flexibility index (Phi) is 5.87. The van der Waals surface area contributed by atoms with Crippen molar-refractivity contribution in [1.82, 2.24) is 10.6 Å². The van der Waals surface area contributed by atoms with Gasteiger partial charge in [0.15, 0.2) is 0 Å². The Bertz CT molecular complexity index is 995. The fourth-order valence-corrected chi connectivity index (χ4v) is 3.35. The van der Waals surface area contributed by atoms with Gasteiger partial charge >= 0.3 is 12.2 Å². The van der Waals surface area contributed by atoms with Crippen molar-refractivity contribution in [3.8, 4) is 0 Å². The first-order valence-electron chi connectivity index (χ1n) is 9.43. The van der Waals surface area contributed by atoms with Crippen molar-refractivity contribution in [3.63, 3.8) is 0 Å².